The SMILES string of the molecule is Cc1ccc(OCCCCn2c(CNC(=O)c3ccc(C)cc3C)nc3ccccc32)c(C)c1. The number of nitrogens with zero attached hydrogens (tertiary/aromatic N) is 2. The second-order valence-electron chi connectivity index (χ2n) is 8.99. The Balaban J connectivity index is 1.39. The standard InChI is InChI=1S/C29H33N3O2/c1-20-11-13-24(22(3)17-20)29(33)30-19-28-31-25-9-5-6-10-26(25)32(28)15-7-8-16-34-27-14-12-21(2)18-23(27)4/h5-6,9-14,17-18H,7-8,15-16,19H2,1-4H3,(H,30,33). The number of carbonyl (C=O) groups is 1. The summed E-state index contributed by atoms with van der Waals surface area (Å²) in [5.41, 5.74) is 7.29. The summed E-state index contributed by atoms with van der Waals surface area (Å²) in [6.07, 6.45) is 1.90. The van der Waals surface area contributed by atoms with E-state index in [4.69, 9.17) is 9.72 Å². The second-order valence-corrected chi connectivity index (χ2v) is 8.99. The van der Waals surface area contributed by atoms with Crippen molar-refractivity contribution in [3.05, 3.63) is 94.3 Å². The largest absolute Gasteiger partial charge is 0.493 e. The topological polar surface area (TPSA) is 56.1 Å². The van der Waals surface area contributed by atoms with Crippen LogP contribution in [0.5, 0.6) is 5.75 Å². The van der Waals surface area contributed by atoms with Gasteiger partial charge in [-0.15, -0.1) is 0 Å². The summed E-state index contributed by atoms with van der Waals surface area (Å²) in [7, 11) is 0. The highest BCUT2D eigenvalue weighted by Gasteiger charge is 2.13. The van der Waals surface area contributed by atoms with E-state index in [0.29, 0.717) is 18.7 Å². The van der Waals surface area contributed by atoms with E-state index in [1.54, 1.807) is 0 Å². The Morgan fingerprint density at radius 3 is 2.41 bits per heavy atom. The van der Waals surface area contributed by atoms with E-state index in [2.05, 4.69) is 41.9 Å². The van der Waals surface area contributed by atoms with Gasteiger partial charge < -0.3 is 14.6 Å². The maximum atomic E-state index is 12.8. The molecule has 4 aromatic rings. The number of nitrogens with one attached hydrogen (secondary N) is 1. The molecular weight excluding hydrogens is 422 g/mol. The third kappa shape index (κ3) is 5.48. The molecule has 176 valence electrons. The van der Waals surface area contributed by atoms with Crippen LogP contribution in [0.2, 0.25) is 0 Å². The molecule has 0 fully saturated rings. The van der Waals surface area contributed by atoms with Crippen molar-refractivity contribution >= 4 is 16.9 Å². The maximum Gasteiger partial charge on any atom is 0.251 e. The normalized spacial score (nSPS) is 11.1. The van der Waals surface area contributed by atoms with Crippen LogP contribution in [0.15, 0.2) is 60.7 Å². The highest BCUT2D eigenvalue weighted by molar-refractivity contribution is 5.95. The molecule has 0 bridgehead atoms. The van der Waals surface area contributed by atoms with Crippen LogP contribution in [-0.4, -0.2) is 22.1 Å². The number of hydrogen-bond acceptors (Lipinski definition) is 3. The molecular formula is C29H33N3O2. The third-order valence-corrected chi connectivity index (χ3v) is 6.13. The first-order chi connectivity index (χ1) is 16.4. The molecule has 1 amide bonds. The molecule has 0 atom stereocenters. The number of aryl methyl sites for hydroxylation is 5. The van der Waals surface area contributed by atoms with E-state index in [0.717, 1.165) is 53.1 Å². The molecule has 0 radical (unpaired) electrons. The van der Waals surface area contributed by atoms with Crippen LogP contribution in [0, 0.1) is 27.7 Å². The van der Waals surface area contributed by atoms with Crippen LogP contribution in [-0.2, 0) is 13.1 Å². The van der Waals surface area contributed by atoms with Crippen molar-refractivity contribution in [3.63, 3.8) is 0 Å². The lowest BCUT2D eigenvalue weighted by molar-refractivity contribution is 0.0949. The van der Waals surface area contributed by atoms with Crippen molar-refractivity contribution in [2.75, 3.05) is 6.61 Å². The van der Waals surface area contributed by atoms with Gasteiger partial charge in [-0.2, -0.15) is 0 Å². The number of rotatable bonds is 9. The minimum atomic E-state index is -0.0713. The number of unbranched alkanes of at least 4 members (excludes halogenated alkanes) is 1. The first-order valence-corrected chi connectivity index (χ1v) is 11.9. The van der Waals surface area contributed by atoms with Crippen LogP contribution in [0.3, 0.4) is 0 Å². The predicted octanol–water partition coefficient (Wildman–Crippen LogP) is 6.06. The average molecular weight is 456 g/mol. The van der Waals surface area contributed by atoms with E-state index in [1.807, 2.05) is 56.3 Å². The zero-order valence-corrected chi connectivity index (χ0v) is 20.5. The fourth-order valence-electron chi connectivity index (χ4n) is 4.35. The van der Waals surface area contributed by atoms with Crippen LogP contribution < -0.4 is 10.1 Å². The zero-order chi connectivity index (χ0) is 24.1. The fraction of sp³-hybridized carbons (Fsp3) is 0.310. The van der Waals surface area contributed by atoms with Gasteiger partial charge >= 0.3 is 0 Å². The lowest BCUT2D eigenvalue weighted by Crippen LogP contribution is -2.25. The van der Waals surface area contributed by atoms with Gasteiger partial charge in [0, 0.05) is 12.1 Å². The number of imidazole rings is 1. The summed E-state index contributed by atoms with van der Waals surface area (Å²) < 4.78 is 8.21. The number of carbonyl (C=O) groups excluding carboxylic acids is 1. The molecule has 1 heterocycles. The van der Waals surface area contributed by atoms with Crippen LogP contribution in [0.4, 0.5) is 0 Å². The Bertz CT molecular complexity index is 1310. The third-order valence-electron chi connectivity index (χ3n) is 6.13. The Morgan fingerprint density at radius 1 is 0.912 bits per heavy atom. The van der Waals surface area contributed by atoms with Gasteiger partial charge in [0.1, 0.15) is 11.6 Å². The van der Waals surface area contributed by atoms with Crippen molar-refractivity contribution in [2.24, 2.45) is 0 Å². The van der Waals surface area contributed by atoms with Crippen LogP contribution in [0.1, 0.15) is 51.3 Å². The molecule has 3 aromatic carbocycles. The molecule has 5 nitrogen and oxygen atoms in total. The number of hydrogen-bond donors (Lipinski definition) is 1. The summed E-state index contributed by atoms with van der Waals surface area (Å²) in [6, 6.07) is 20.3. The summed E-state index contributed by atoms with van der Waals surface area (Å²) in [4.78, 5) is 17.6. The Morgan fingerprint density at radius 2 is 1.65 bits per heavy atom. The van der Waals surface area contributed by atoms with Crippen molar-refractivity contribution in [2.45, 2.75) is 53.6 Å². The summed E-state index contributed by atoms with van der Waals surface area (Å²) in [6.45, 7) is 10.1. The van der Waals surface area contributed by atoms with E-state index < -0.39 is 0 Å². The van der Waals surface area contributed by atoms with Gasteiger partial charge in [0.15, 0.2) is 0 Å². The van der Waals surface area contributed by atoms with Crippen LogP contribution >= 0.6 is 0 Å². The van der Waals surface area contributed by atoms with Crippen molar-refractivity contribution in [3.8, 4) is 5.75 Å². The highest BCUT2D eigenvalue weighted by Crippen LogP contribution is 2.20. The highest BCUT2D eigenvalue weighted by atomic mass is 16.5. The molecule has 34 heavy (non-hydrogen) atoms. The molecule has 0 unspecified atom stereocenters. The fourth-order valence-corrected chi connectivity index (χ4v) is 4.35. The Hall–Kier alpha value is -3.60. The molecule has 0 aliphatic rings. The number of amides is 1. The molecule has 4 rings (SSSR count). The number of para-hydroxylation sites is 2. The molecule has 0 saturated carbocycles. The zero-order valence-electron chi connectivity index (χ0n) is 20.5. The minimum Gasteiger partial charge on any atom is -0.493 e. The number of aromatic nitrogens is 2. The quantitative estimate of drug-likeness (QED) is 0.312. The number of benzene rings is 3. The van der Waals surface area contributed by atoms with Gasteiger partial charge in [-0.05, 0) is 75.9 Å². The number of fused-ring (bicyclic) bond motifs is 1. The summed E-state index contributed by atoms with van der Waals surface area (Å²) >= 11 is 0. The van der Waals surface area contributed by atoms with Gasteiger partial charge in [0.05, 0.1) is 24.2 Å². The Kier molecular flexibility index (Phi) is 7.31. The number of ether oxygens (including phenoxy) is 1. The van der Waals surface area contributed by atoms with Gasteiger partial charge in [-0.3, -0.25) is 4.79 Å². The summed E-state index contributed by atoms with van der Waals surface area (Å²) in [5.74, 6) is 1.75. The van der Waals surface area contributed by atoms with Crippen LogP contribution in [0.25, 0.3) is 11.0 Å². The molecule has 0 aliphatic heterocycles. The van der Waals surface area contributed by atoms with Crippen molar-refractivity contribution in [1.82, 2.24) is 14.9 Å². The van der Waals surface area contributed by atoms with Crippen molar-refractivity contribution in [1.29, 1.82) is 0 Å². The van der Waals surface area contributed by atoms with E-state index in [-0.39, 0.29) is 5.91 Å². The van der Waals surface area contributed by atoms with Gasteiger partial charge in [-0.1, -0.05) is 47.5 Å². The van der Waals surface area contributed by atoms with E-state index >= 15 is 0 Å². The molecule has 0 aliphatic carbocycles. The van der Waals surface area contributed by atoms with Crippen molar-refractivity contribution < 1.29 is 9.53 Å². The molecule has 0 saturated heterocycles. The maximum absolute atomic E-state index is 12.8. The minimum absolute atomic E-state index is 0.0713. The Labute approximate surface area is 201 Å². The second kappa shape index (κ2) is 10.6. The van der Waals surface area contributed by atoms with Gasteiger partial charge in [0.25, 0.3) is 5.91 Å². The summed E-state index contributed by atoms with van der Waals surface area (Å²) in [5, 5.41) is 3.06. The van der Waals surface area contributed by atoms with E-state index in [9.17, 15) is 4.79 Å². The lowest BCUT2D eigenvalue weighted by atomic mass is 10.1. The molecule has 1 aromatic heterocycles. The average Bonchev–Trinajstić information content (AvgIpc) is 3.16. The predicted molar refractivity (Wildman–Crippen MR) is 137 cm³/mol. The van der Waals surface area contributed by atoms with E-state index in [1.165, 1.54) is 11.1 Å². The smallest absolute Gasteiger partial charge is 0.251 e. The first kappa shape index (κ1) is 23.6. The van der Waals surface area contributed by atoms with Gasteiger partial charge in [-0.25, -0.2) is 4.98 Å². The molecule has 1 N–H and O–H groups in total. The van der Waals surface area contributed by atoms with Gasteiger partial charge in [0.2, 0.25) is 0 Å². The lowest BCUT2D eigenvalue weighted by Gasteiger charge is -2.12. The first-order valence-electron chi connectivity index (χ1n) is 11.9. The monoisotopic (exact) mass is 455 g/mol. The molecule has 5 heteroatoms. The molecule has 0 spiro atoms.